The van der Waals surface area contributed by atoms with Gasteiger partial charge in [0.15, 0.2) is 0 Å². The highest BCUT2D eigenvalue weighted by Crippen LogP contribution is 2.30. The molecule has 4 heterocycles. The van der Waals surface area contributed by atoms with Crippen molar-refractivity contribution in [3.8, 4) is 17.5 Å². The zero-order valence-electron chi connectivity index (χ0n) is 16.1. The molecular formula is C22H18ClN7. The van der Waals surface area contributed by atoms with E-state index in [2.05, 4.69) is 35.8 Å². The number of rotatable bonds is 3. The molecule has 0 unspecified atom stereocenters. The molecule has 1 saturated heterocycles. The number of aromatic amines is 1. The molecule has 0 aliphatic carbocycles. The van der Waals surface area contributed by atoms with Gasteiger partial charge in [-0.05, 0) is 30.3 Å². The zero-order chi connectivity index (χ0) is 20.5. The topological polar surface area (TPSA) is 84.7 Å². The van der Waals surface area contributed by atoms with Gasteiger partial charge in [0.2, 0.25) is 0 Å². The van der Waals surface area contributed by atoms with Crippen LogP contribution in [0.3, 0.4) is 0 Å². The average Bonchev–Trinajstić information content (AvgIpc) is 3.24. The smallest absolute Gasteiger partial charge is 0.140 e. The molecule has 4 aromatic rings. The van der Waals surface area contributed by atoms with E-state index in [1.165, 1.54) is 0 Å². The second-order valence-electron chi connectivity index (χ2n) is 7.12. The molecule has 0 amide bonds. The lowest BCUT2D eigenvalue weighted by molar-refractivity contribution is 0.642. The molecule has 1 aromatic carbocycles. The Labute approximate surface area is 178 Å². The molecule has 0 spiro atoms. The van der Waals surface area contributed by atoms with Gasteiger partial charge in [-0.3, -0.25) is 0 Å². The van der Waals surface area contributed by atoms with Crippen LogP contribution in [-0.4, -0.2) is 46.1 Å². The Morgan fingerprint density at radius 3 is 2.37 bits per heavy atom. The van der Waals surface area contributed by atoms with Crippen molar-refractivity contribution in [3.05, 3.63) is 65.4 Å². The van der Waals surface area contributed by atoms with Crippen LogP contribution in [0.4, 0.5) is 11.6 Å². The van der Waals surface area contributed by atoms with Gasteiger partial charge < -0.3 is 14.8 Å². The molecule has 30 heavy (non-hydrogen) atoms. The lowest BCUT2D eigenvalue weighted by Crippen LogP contribution is -2.47. The predicted octanol–water partition coefficient (Wildman–Crippen LogP) is 3.87. The Kier molecular flexibility index (Phi) is 4.69. The third kappa shape index (κ3) is 3.42. The Morgan fingerprint density at radius 1 is 0.933 bits per heavy atom. The molecule has 3 aromatic heterocycles. The molecule has 1 fully saturated rings. The highest BCUT2D eigenvalue weighted by Gasteiger charge is 2.20. The van der Waals surface area contributed by atoms with Gasteiger partial charge >= 0.3 is 0 Å². The van der Waals surface area contributed by atoms with Gasteiger partial charge in [-0.2, -0.15) is 5.26 Å². The van der Waals surface area contributed by atoms with E-state index in [0.717, 1.165) is 60.2 Å². The van der Waals surface area contributed by atoms with Crippen LogP contribution in [0.25, 0.3) is 22.4 Å². The van der Waals surface area contributed by atoms with Gasteiger partial charge in [-0.25, -0.2) is 15.0 Å². The quantitative estimate of drug-likeness (QED) is 0.546. The first kappa shape index (κ1) is 18.4. The molecular weight excluding hydrogens is 398 g/mol. The van der Waals surface area contributed by atoms with Crippen LogP contribution in [0.15, 0.2) is 54.9 Å². The highest BCUT2D eigenvalue weighted by molar-refractivity contribution is 6.33. The third-order valence-electron chi connectivity index (χ3n) is 5.29. The molecule has 0 saturated carbocycles. The van der Waals surface area contributed by atoms with Crippen LogP contribution in [0, 0.1) is 11.3 Å². The minimum Gasteiger partial charge on any atom is -0.353 e. The number of nitriles is 1. The number of anilines is 2. The SMILES string of the molecule is N#Cc1ccc(N2CCN(c3cc(-c4nc5ccccc5[nH]4)c(Cl)cn3)CC2)nc1. The summed E-state index contributed by atoms with van der Waals surface area (Å²) >= 11 is 6.44. The molecule has 1 aliphatic rings. The van der Waals surface area contributed by atoms with Crippen LogP contribution in [-0.2, 0) is 0 Å². The minimum atomic E-state index is 0.568. The summed E-state index contributed by atoms with van der Waals surface area (Å²) in [5.74, 6) is 2.51. The van der Waals surface area contributed by atoms with Crippen LogP contribution >= 0.6 is 11.6 Å². The lowest BCUT2D eigenvalue weighted by Gasteiger charge is -2.36. The summed E-state index contributed by atoms with van der Waals surface area (Å²) < 4.78 is 0. The number of hydrogen-bond acceptors (Lipinski definition) is 6. The van der Waals surface area contributed by atoms with Crippen molar-refractivity contribution in [3.63, 3.8) is 0 Å². The summed E-state index contributed by atoms with van der Waals surface area (Å²) in [5, 5.41) is 9.50. The molecule has 1 aliphatic heterocycles. The molecule has 0 atom stereocenters. The molecule has 1 N–H and O–H groups in total. The molecule has 8 heteroatoms. The van der Waals surface area contributed by atoms with Crippen molar-refractivity contribution in [2.24, 2.45) is 0 Å². The van der Waals surface area contributed by atoms with Crippen molar-refractivity contribution in [1.82, 2.24) is 19.9 Å². The number of aromatic nitrogens is 4. The number of H-pyrrole nitrogens is 1. The monoisotopic (exact) mass is 415 g/mol. The van der Waals surface area contributed by atoms with Crippen molar-refractivity contribution >= 4 is 34.3 Å². The fourth-order valence-electron chi connectivity index (χ4n) is 3.67. The lowest BCUT2D eigenvalue weighted by atomic mass is 10.2. The second kappa shape index (κ2) is 7.65. The van der Waals surface area contributed by atoms with E-state index in [9.17, 15) is 0 Å². The summed E-state index contributed by atoms with van der Waals surface area (Å²) in [5.41, 5.74) is 3.30. The first-order valence-corrected chi connectivity index (χ1v) is 10.1. The Morgan fingerprint density at radius 2 is 1.67 bits per heavy atom. The Bertz CT molecular complexity index is 1200. The summed E-state index contributed by atoms with van der Waals surface area (Å²) in [6.07, 6.45) is 3.30. The van der Waals surface area contributed by atoms with Gasteiger partial charge in [0, 0.05) is 44.1 Å². The summed E-state index contributed by atoms with van der Waals surface area (Å²) in [6, 6.07) is 15.7. The fraction of sp³-hybridized carbons (Fsp3) is 0.182. The van der Waals surface area contributed by atoms with Crippen LogP contribution in [0.1, 0.15) is 5.56 Å². The Hall–Kier alpha value is -3.63. The number of imidazole rings is 1. The summed E-state index contributed by atoms with van der Waals surface area (Å²) in [6.45, 7) is 3.28. The minimum absolute atomic E-state index is 0.568. The van der Waals surface area contributed by atoms with Crippen molar-refractivity contribution in [2.75, 3.05) is 36.0 Å². The predicted molar refractivity (Wildman–Crippen MR) is 118 cm³/mol. The first-order valence-electron chi connectivity index (χ1n) is 9.68. The van der Waals surface area contributed by atoms with E-state index in [1.54, 1.807) is 18.5 Å². The van der Waals surface area contributed by atoms with Gasteiger partial charge in [-0.15, -0.1) is 0 Å². The number of hydrogen-bond donors (Lipinski definition) is 1. The average molecular weight is 416 g/mol. The standard InChI is InChI=1S/C22H18ClN7/c23-17-14-26-21(11-16(17)22-27-18-3-1-2-4-19(18)28-22)30-9-7-29(8-10-30)20-6-5-15(12-24)13-25-20/h1-6,11,13-14H,7-10H2,(H,27,28). The molecule has 148 valence electrons. The maximum Gasteiger partial charge on any atom is 0.140 e. The molecule has 7 nitrogen and oxygen atoms in total. The van der Waals surface area contributed by atoms with Crippen LogP contribution < -0.4 is 9.80 Å². The number of nitrogens with one attached hydrogen (secondary N) is 1. The van der Waals surface area contributed by atoms with Gasteiger partial charge in [-0.1, -0.05) is 23.7 Å². The van der Waals surface area contributed by atoms with Crippen molar-refractivity contribution in [1.29, 1.82) is 5.26 Å². The molecule has 5 rings (SSSR count). The van der Waals surface area contributed by atoms with E-state index >= 15 is 0 Å². The van der Waals surface area contributed by atoms with E-state index in [-0.39, 0.29) is 0 Å². The normalized spacial score (nSPS) is 14.1. The number of para-hydroxylation sites is 2. The maximum atomic E-state index is 8.93. The van der Waals surface area contributed by atoms with Gasteiger partial charge in [0.05, 0.1) is 21.6 Å². The van der Waals surface area contributed by atoms with E-state index < -0.39 is 0 Å². The maximum absolute atomic E-state index is 8.93. The van der Waals surface area contributed by atoms with Gasteiger partial charge in [0.1, 0.15) is 23.5 Å². The van der Waals surface area contributed by atoms with Crippen LogP contribution in [0.2, 0.25) is 5.02 Å². The number of benzene rings is 1. The third-order valence-corrected chi connectivity index (χ3v) is 5.59. The number of fused-ring (bicyclic) bond motifs is 1. The molecule has 0 bridgehead atoms. The Balaban J connectivity index is 1.35. The van der Waals surface area contributed by atoms with Crippen molar-refractivity contribution < 1.29 is 0 Å². The fourth-order valence-corrected chi connectivity index (χ4v) is 3.86. The van der Waals surface area contributed by atoms with E-state index in [4.69, 9.17) is 16.9 Å². The van der Waals surface area contributed by atoms with Gasteiger partial charge in [0.25, 0.3) is 0 Å². The molecule has 0 radical (unpaired) electrons. The second-order valence-corrected chi connectivity index (χ2v) is 7.52. The van der Waals surface area contributed by atoms with E-state index in [1.807, 2.05) is 36.4 Å². The number of halogens is 1. The van der Waals surface area contributed by atoms with E-state index in [0.29, 0.717) is 10.6 Å². The summed E-state index contributed by atoms with van der Waals surface area (Å²) in [7, 11) is 0. The van der Waals surface area contributed by atoms with Crippen molar-refractivity contribution in [2.45, 2.75) is 0 Å². The zero-order valence-corrected chi connectivity index (χ0v) is 16.8. The summed E-state index contributed by atoms with van der Waals surface area (Å²) in [4.78, 5) is 21.4. The highest BCUT2D eigenvalue weighted by atomic mass is 35.5. The number of nitrogens with zero attached hydrogens (tertiary/aromatic N) is 6. The number of piperazine rings is 1. The first-order chi connectivity index (χ1) is 14.7. The van der Waals surface area contributed by atoms with Crippen LogP contribution in [0.5, 0.6) is 0 Å². The number of pyridine rings is 2. The largest absolute Gasteiger partial charge is 0.353 e.